The number of fused-ring (bicyclic) bond motifs is 1. The van der Waals surface area contributed by atoms with E-state index in [9.17, 15) is 19.5 Å². The van der Waals surface area contributed by atoms with E-state index in [0.717, 1.165) is 16.8 Å². The molecule has 42 heavy (non-hydrogen) atoms. The summed E-state index contributed by atoms with van der Waals surface area (Å²) in [6.45, 7) is 5.37. The zero-order valence-electron chi connectivity index (χ0n) is 24.1. The van der Waals surface area contributed by atoms with Crippen molar-refractivity contribution in [3.05, 3.63) is 124 Å². The van der Waals surface area contributed by atoms with Crippen molar-refractivity contribution >= 4 is 35.1 Å². The van der Waals surface area contributed by atoms with Crippen LogP contribution in [0.15, 0.2) is 78.9 Å². The van der Waals surface area contributed by atoms with Crippen molar-refractivity contribution in [1.82, 2.24) is 15.2 Å². The number of nitrogens with one attached hydrogen (secondary N) is 3. The van der Waals surface area contributed by atoms with E-state index in [4.69, 9.17) is 0 Å². The smallest absolute Gasteiger partial charge is 0.256 e. The lowest BCUT2D eigenvalue weighted by Crippen LogP contribution is -2.31. The number of aliphatic hydroxyl groups excluding tert-OH is 1. The largest absolute Gasteiger partial charge is 0.394 e. The third-order valence-corrected chi connectivity index (χ3v) is 7.90. The number of amides is 3. The minimum absolute atomic E-state index is 0.187. The molecule has 8 heteroatoms. The number of carbonyl (C=O) groups excluding carboxylic acids is 3. The predicted molar refractivity (Wildman–Crippen MR) is 164 cm³/mol. The molecule has 2 heterocycles. The Bertz CT molecular complexity index is 1690. The van der Waals surface area contributed by atoms with Crippen molar-refractivity contribution in [2.75, 3.05) is 11.9 Å². The molecule has 3 aromatic carbocycles. The molecule has 4 N–H and O–H groups in total. The average Bonchev–Trinajstić information content (AvgIpc) is 3.43. The van der Waals surface area contributed by atoms with Gasteiger partial charge in [0.15, 0.2) is 0 Å². The molecule has 1 aromatic heterocycles. The molecule has 2 atom stereocenters. The maximum absolute atomic E-state index is 13.4. The Kier molecular flexibility index (Phi) is 8.08. The third kappa shape index (κ3) is 5.49. The van der Waals surface area contributed by atoms with Crippen molar-refractivity contribution in [2.45, 2.75) is 32.9 Å². The van der Waals surface area contributed by atoms with E-state index >= 15 is 0 Å². The lowest BCUT2D eigenvalue weighted by Gasteiger charge is -2.17. The van der Waals surface area contributed by atoms with Crippen LogP contribution in [-0.2, 0) is 11.8 Å². The average molecular weight is 563 g/mol. The van der Waals surface area contributed by atoms with Gasteiger partial charge in [0.1, 0.15) is 0 Å². The van der Waals surface area contributed by atoms with Crippen LogP contribution in [0.25, 0.3) is 11.6 Å². The summed E-state index contributed by atoms with van der Waals surface area (Å²) in [6, 6.07) is 23.4. The number of aromatic nitrogens is 1. The highest BCUT2D eigenvalue weighted by Gasteiger charge is 2.28. The molecule has 5 rings (SSSR count). The van der Waals surface area contributed by atoms with Crippen LogP contribution in [0.3, 0.4) is 0 Å². The fourth-order valence-corrected chi connectivity index (χ4v) is 5.40. The second-order valence-electron chi connectivity index (χ2n) is 10.5. The second kappa shape index (κ2) is 11.9. The number of aliphatic hydroxyl groups is 1. The summed E-state index contributed by atoms with van der Waals surface area (Å²) in [7, 11) is 1.84. The number of benzene rings is 3. The van der Waals surface area contributed by atoms with Crippen LogP contribution in [0, 0.1) is 13.8 Å². The highest BCUT2D eigenvalue weighted by atomic mass is 16.3. The molecule has 0 saturated carbocycles. The Balaban J connectivity index is 1.44. The van der Waals surface area contributed by atoms with Crippen LogP contribution >= 0.6 is 0 Å². The number of hydrogen-bond donors (Lipinski definition) is 4. The predicted octanol–water partition coefficient (Wildman–Crippen LogP) is 5.09. The molecule has 0 unspecified atom stereocenters. The summed E-state index contributed by atoms with van der Waals surface area (Å²) in [6.07, 6.45) is 1.76. The van der Waals surface area contributed by atoms with Crippen LogP contribution in [0.2, 0.25) is 0 Å². The topological polar surface area (TPSA) is 112 Å². The summed E-state index contributed by atoms with van der Waals surface area (Å²) in [5.41, 5.74) is 6.50. The fourth-order valence-electron chi connectivity index (χ4n) is 5.40. The quantitative estimate of drug-likeness (QED) is 0.224. The Labute approximate surface area is 245 Å². The summed E-state index contributed by atoms with van der Waals surface area (Å²) in [4.78, 5) is 39.6. The SMILES string of the molecule is Cc1c(C(=O)N[C@@H](CO)c2ccccc2)c(C)n(C)c1/C=C1\C(=O)Nc2ccc(C(=O)N[C@H](C)c3ccccc3)cc21. The molecule has 0 radical (unpaired) electrons. The van der Waals surface area contributed by atoms with Crippen LogP contribution in [0.5, 0.6) is 0 Å². The Hall–Kier alpha value is -4.95. The number of nitrogens with zero attached hydrogens (tertiary/aromatic N) is 1. The molecule has 1 aliphatic heterocycles. The van der Waals surface area contributed by atoms with E-state index < -0.39 is 6.04 Å². The lowest BCUT2D eigenvalue weighted by molar-refractivity contribution is -0.110. The summed E-state index contributed by atoms with van der Waals surface area (Å²) < 4.78 is 1.87. The summed E-state index contributed by atoms with van der Waals surface area (Å²) >= 11 is 0. The van der Waals surface area contributed by atoms with Gasteiger partial charge in [-0.3, -0.25) is 14.4 Å². The van der Waals surface area contributed by atoms with Crippen LogP contribution in [-0.4, -0.2) is 34.0 Å². The van der Waals surface area contributed by atoms with Gasteiger partial charge in [0.05, 0.1) is 29.8 Å². The van der Waals surface area contributed by atoms with Crippen LogP contribution in [0.1, 0.15) is 73.4 Å². The number of anilines is 1. The van der Waals surface area contributed by atoms with Crippen molar-refractivity contribution < 1.29 is 19.5 Å². The van der Waals surface area contributed by atoms with E-state index in [1.807, 2.05) is 93.0 Å². The number of carbonyl (C=O) groups is 3. The van der Waals surface area contributed by atoms with Crippen molar-refractivity contribution in [2.24, 2.45) is 7.05 Å². The van der Waals surface area contributed by atoms with Gasteiger partial charge in [0.25, 0.3) is 17.7 Å². The second-order valence-corrected chi connectivity index (χ2v) is 10.5. The number of hydrogen-bond acceptors (Lipinski definition) is 4. The number of rotatable bonds is 8. The van der Waals surface area contributed by atoms with E-state index in [0.29, 0.717) is 39.2 Å². The Morgan fingerprint density at radius 1 is 0.929 bits per heavy atom. The van der Waals surface area contributed by atoms with Gasteiger partial charge < -0.3 is 25.6 Å². The van der Waals surface area contributed by atoms with E-state index in [1.165, 1.54) is 0 Å². The van der Waals surface area contributed by atoms with Gasteiger partial charge in [-0.1, -0.05) is 60.7 Å². The van der Waals surface area contributed by atoms with Crippen molar-refractivity contribution in [1.29, 1.82) is 0 Å². The molecule has 0 saturated heterocycles. The molecule has 8 nitrogen and oxygen atoms in total. The first-order chi connectivity index (χ1) is 20.2. The molecule has 0 spiro atoms. The maximum Gasteiger partial charge on any atom is 0.256 e. The van der Waals surface area contributed by atoms with Crippen molar-refractivity contribution in [3.8, 4) is 0 Å². The van der Waals surface area contributed by atoms with Gasteiger partial charge in [-0.05, 0) is 61.7 Å². The summed E-state index contributed by atoms with van der Waals surface area (Å²) in [5, 5.41) is 18.8. The Morgan fingerprint density at radius 2 is 1.57 bits per heavy atom. The first-order valence-corrected chi connectivity index (χ1v) is 13.9. The lowest BCUT2D eigenvalue weighted by atomic mass is 10.0. The first-order valence-electron chi connectivity index (χ1n) is 13.9. The van der Waals surface area contributed by atoms with Gasteiger partial charge in [0.2, 0.25) is 0 Å². The Morgan fingerprint density at radius 3 is 2.21 bits per heavy atom. The minimum Gasteiger partial charge on any atom is -0.394 e. The van der Waals surface area contributed by atoms with E-state index in [1.54, 1.807) is 24.3 Å². The van der Waals surface area contributed by atoms with Gasteiger partial charge in [-0.2, -0.15) is 0 Å². The molecular weight excluding hydrogens is 528 g/mol. The monoisotopic (exact) mass is 562 g/mol. The molecule has 0 fully saturated rings. The van der Waals surface area contributed by atoms with Gasteiger partial charge >= 0.3 is 0 Å². The molecule has 3 amide bonds. The molecule has 0 aliphatic carbocycles. The molecule has 0 bridgehead atoms. The van der Waals surface area contributed by atoms with Crippen LogP contribution < -0.4 is 16.0 Å². The molecule has 214 valence electrons. The van der Waals surface area contributed by atoms with E-state index in [2.05, 4.69) is 16.0 Å². The van der Waals surface area contributed by atoms with Crippen LogP contribution in [0.4, 0.5) is 5.69 Å². The van der Waals surface area contributed by atoms with Gasteiger partial charge in [-0.25, -0.2) is 0 Å². The zero-order valence-corrected chi connectivity index (χ0v) is 24.1. The molecule has 4 aromatic rings. The van der Waals surface area contributed by atoms with E-state index in [-0.39, 0.29) is 30.4 Å². The normalized spacial score (nSPS) is 14.7. The molecule has 1 aliphatic rings. The zero-order chi connectivity index (χ0) is 30.0. The summed E-state index contributed by atoms with van der Waals surface area (Å²) in [5.74, 6) is -0.834. The maximum atomic E-state index is 13.4. The minimum atomic E-state index is -0.554. The third-order valence-electron chi connectivity index (χ3n) is 7.90. The standard InChI is InChI=1S/C34H34N4O4/c1-20-30(38(4)22(3)31(20)34(42)37-29(19-39)24-13-9-6-10-14-24)18-27-26-17-25(15-16-28(26)36-33(27)41)32(40)35-21(2)23-11-7-5-8-12-23/h5-18,21,29,39H,19H2,1-4H3,(H,35,40)(H,36,41)(H,37,42)/b27-18-/t21-,29+/m1/s1. The first kappa shape index (κ1) is 28.6. The highest BCUT2D eigenvalue weighted by Crippen LogP contribution is 2.35. The molecular formula is C34H34N4O4. The fraction of sp³-hybridized carbons (Fsp3) is 0.206. The highest BCUT2D eigenvalue weighted by molar-refractivity contribution is 6.35. The van der Waals surface area contributed by atoms with Crippen molar-refractivity contribution in [3.63, 3.8) is 0 Å². The van der Waals surface area contributed by atoms with Gasteiger partial charge in [-0.15, -0.1) is 0 Å². The van der Waals surface area contributed by atoms with Gasteiger partial charge in [0, 0.05) is 35.2 Å².